The van der Waals surface area contributed by atoms with Crippen molar-refractivity contribution >= 4 is 12.6 Å². The Hall–Kier alpha value is -0.975. The summed E-state index contributed by atoms with van der Waals surface area (Å²) in [6.07, 6.45) is 1.08. The molecular weight excluding hydrogens is 236 g/mol. The smallest absolute Gasteiger partial charge is 0.399 e. The zero-order valence-electron chi connectivity index (χ0n) is 11.0. The Kier molecular flexibility index (Phi) is 3.21. The minimum absolute atomic E-state index is 0.243. The Morgan fingerprint density at radius 1 is 1.28 bits per heavy atom. The van der Waals surface area contributed by atoms with Gasteiger partial charge in [0.15, 0.2) is 0 Å². The molecule has 1 aliphatic heterocycles. The van der Waals surface area contributed by atoms with Crippen LogP contribution in [-0.2, 0) is 15.9 Å². The molecule has 1 aliphatic rings. The molecular formula is C12H17BFNO3. The van der Waals surface area contributed by atoms with Gasteiger partial charge in [0.25, 0.3) is 0 Å². The molecule has 0 amide bonds. The number of hydrogen-bond donors (Lipinski definition) is 1. The van der Waals surface area contributed by atoms with E-state index >= 15 is 0 Å². The average Bonchev–Trinajstić information content (AvgIpc) is 2.48. The van der Waals surface area contributed by atoms with E-state index in [2.05, 4.69) is 4.98 Å². The van der Waals surface area contributed by atoms with Gasteiger partial charge in [-0.05, 0) is 33.8 Å². The SMILES string of the molecule is CC1(C)OB(c2cc(CO)ncc2F)OC1(C)C. The fourth-order valence-corrected chi connectivity index (χ4v) is 1.74. The predicted octanol–water partition coefficient (Wildman–Crippen LogP) is 1.01. The van der Waals surface area contributed by atoms with Crippen LogP contribution in [-0.4, -0.2) is 28.4 Å². The van der Waals surface area contributed by atoms with Crippen molar-refractivity contribution in [2.24, 2.45) is 0 Å². The fourth-order valence-electron chi connectivity index (χ4n) is 1.74. The number of rotatable bonds is 2. The Balaban J connectivity index is 2.34. The number of aliphatic hydroxyl groups is 1. The summed E-state index contributed by atoms with van der Waals surface area (Å²) in [6.45, 7) is 7.36. The lowest BCUT2D eigenvalue weighted by molar-refractivity contribution is 0.00578. The summed E-state index contributed by atoms with van der Waals surface area (Å²) in [6, 6.07) is 1.47. The van der Waals surface area contributed by atoms with E-state index in [-0.39, 0.29) is 12.1 Å². The molecule has 1 aromatic heterocycles. The van der Waals surface area contributed by atoms with E-state index in [4.69, 9.17) is 14.4 Å². The van der Waals surface area contributed by atoms with E-state index in [1.807, 2.05) is 27.7 Å². The van der Waals surface area contributed by atoms with Crippen LogP contribution in [0.2, 0.25) is 0 Å². The van der Waals surface area contributed by atoms with E-state index in [1.165, 1.54) is 6.07 Å². The third-order valence-electron chi connectivity index (χ3n) is 3.61. The van der Waals surface area contributed by atoms with Crippen LogP contribution >= 0.6 is 0 Å². The van der Waals surface area contributed by atoms with Crippen LogP contribution in [0.3, 0.4) is 0 Å². The molecule has 1 saturated heterocycles. The highest BCUT2D eigenvalue weighted by molar-refractivity contribution is 6.62. The zero-order chi connectivity index (χ0) is 13.6. The van der Waals surface area contributed by atoms with Crippen molar-refractivity contribution in [3.05, 3.63) is 23.8 Å². The molecule has 1 aromatic rings. The monoisotopic (exact) mass is 253 g/mol. The second-order valence-electron chi connectivity index (χ2n) is 5.44. The normalized spacial score (nSPS) is 21.3. The molecule has 98 valence electrons. The Morgan fingerprint density at radius 3 is 2.33 bits per heavy atom. The van der Waals surface area contributed by atoms with Crippen molar-refractivity contribution in [3.8, 4) is 0 Å². The maximum atomic E-state index is 13.8. The summed E-state index contributed by atoms with van der Waals surface area (Å²) in [5.41, 5.74) is -0.381. The molecule has 0 radical (unpaired) electrons. The molecule has 2 heterocycles. The average molecular weight is 253 g/mol. The first-order chi connectivity index (χ1) is 8.27. The van der Waals surface area contributed by atoms with Gasteiger partial charge in [-0.15, -0.1) is 0 Å². The maximum Gasteiger partial charge on any atom is 0.497 e. The van der Waals surface area contributed by atoms with Gasteiger partial charge < -0.3 is 14.4 Å². The molecule has 0 aliphatic carbocycles. The number of pyridine rings is 1. The summed E-state index contributed by atoms with van der Waals surface area (Å²) in [4.78, 5) is 3.77. The largest absolute Gasteiger partial charge is 0.497 e. The number of halogens is 1. The summed E-state index contributed by atoms with van der Waals surface area (Å²) in [7, 11) is -0.775. The van der Waals surface area contributed by atoms with E-state index < -0.39 is 24.1 Å². The van der Waals surface area contributed by atoms with E-state index in [0.717, 1.165) is 6.20 Å². The highest BCUT2D eigenvalue weighted by Crippen LogP contribution is 2.36. The Morgan fingerprint density at radius 2 is 1.83 bits per heavy atom. The molecule has 0 bridgehead atoms. The molecule has 6 heteroatoms. The topological polar surface area (TPSA) is 51.6 Å². The van der Waals surface area contributed by atoms with Gasteiger partial charge >= 0.3 is 7.12 Å². The molecule has 0 atom stereocenters. The van der Waals surface area contributed by atoms with Gasteiger partial charge in [-0.1, -0.05) is 0 Å². The number of aromatic nitrogens is 1. The van der Waals surface area contributed by atoms with Crippen molar-refractivity contribution in [1.29, 1.82) is 0 Å². The molecule has 0 unspecified atom stereocenters. The van der Waals surface area contributed by atoms with Gasteiger partial charge in [0, 0.05) is 5.46 Å². The zero-order valence-corrected chi connectivity index (χ0v) is 11.0. The highest BCUT2D eigenvalue weighted by atomic mass is 19.1. The van der Waals surface area contributed by atoms with Crippen LogP contribution < -0.4 is 5.46 Å². The lowest BCUT2D eigenvalue weighted by Crippen LogP contribution is -2.41. The van der Waals surface area contributed by atoms with Gasteiger partial charge in [0.2, 0.25) is 0 Å². The number of nitrogens with zero attached hydrogens (tertiary/aromatic N) is 1. The number of aliphatic hydroxyl groups excluding tert-OH is 1. The molecule has 0 saturated carbocycles. The molecule has 2 rings (SSSR count). The van der Waals surface area contributed by atoms with Crippen LogP contribution in [0.25, 0.3) is 0 Å². The third-order valence-corrected chi connectivity index (χ3v) is 3.61. The van der Waals surface area contributed by atoms with Gasteiger partial charge in [-0.25, -0.2) is 4.39 Å². The molecule has 1 N–H and O–H groups in total. The van der Waals surface area contributed by atoms with Gasteiger partial charge in [-0.2, -0.15) is 0 Å². The third kappa shape index (κ3) is 2.16. The summed E-state index contributed by atoms with van der Waals surface area (Å²) >= 11 is 0. The fraction of sp³-hybridized carbons (Fsp3) is 0.583. The second kappa shape index (κ2) is 4.29. The first-order valence-corrected chi connectivity index (χ1v) is 5.87. The van der Waals surface area contributed by atoms with Crippen LogP contribution in [0.1, 0.15) is 33.4 Å². The summed E-state index contributed by atoms with van der Waals surface area (Å²) in [5.74, 6) is -0.495. The predicted molar refractivity (Wildman–Crippen MR) is 65.8 cm³/mol. The molecule has 4 nitrogen and oxygen atoms in total. The first-order valence-electron chi connectivity index (χ1n) is 5.87. The Labute approximate surface area is 106 Å². The minimum atomic E-state index is -0.775. The molecule has 1 fully saturated rings. The lowest BCUT2D eigenvalue weighted by Gasteiger charge is -2.32. The van der Waals surface area contributed by atoms with E-state index in [0.29, 0.717) is 5.69 Å². The standard InChI is InChI=1S/C12H17BFNO3/c1-11(2)12(3,4)18-13(17-11)9-5-8(7-16)15-6-10(9)14/h5-6,16H,7H2,1-4H3. The van der Waals surface area contributed by atoms with Crippen molar-refractivity contribution < 1.29 is 18.8 Å². The van der Waals surface area contributed by atoms with Crippen molar-refractivity contribution in [3.63, 3.8) is 0 Å². The van der Waals surface area contributed by atoms with Crippen LogP contribution in [0.15, 0.2) is 12.3 Å². The maximum absolute atomic E-state index is 13.8. The van der Waals surface area contributed by atoms with Crippen LogP contribution in [0.4, 0.5) is 4.39 Å². The Bertz CT molecular complexity index is 449. The van der Waals surface area contributed by atoms with Crippen LogP contribution in [0, 0.1) is 5.82 Å². The minimum Gasteiger partial charge on any atom is -0.399 e. The van der Waals surface area contributed by atoms with E-state index in [1.54, 1.807) is 0 Å². The summed E-state index contributed by atoms with van der Waals surface area (Å²) < 4.78 is 25.3. The van der Waals surface area contributed by atoms with Crippen molar-refractivity contribution in [2.45, 2.75) is 45.5 Å². The molecule has 0 aromatic carbocycles. The summed E-state index contributed by atoms with van der Waals surface area (Å²) in [5, 5.41) is 9.03. The molecule has 0 spiro atoms. The highest BCUT2D eigenvalue weighted by Gasteiger charge is 2.52. The number of hydrogen-bond acceptors (Lipinski definition) is 4. The van der Waals surface area contributed by atoms with E-state index in [9.17, 15) is 4.39 Å². The molecule has 18 heavy (non-hydrogen) atoms. The van der Waals surface area contributed by atoms with Gasteiger partial charge in [0.1, 0.15) is 5.82 Å². The first kappa shape index (κ1) is 13.5. The van der Waals surface area contributed by atoms with Crippen molar-refractivity contribution in [1.82, 2.24) is 4.98 Å². The van der Waals surface area contributed by atoms with Crippen LogP contribution in [0.5, 0.6) is 0 Å². The van der Waals surface area contributed by atoms with Crippen molar-refractivity contribution in [2.75, 3.05) is 0 Å². The quantitative estimate of drug-likeness (QED) is 0.799. The van der Waals surface area contributed by atoms with Gasteiger partial charge in [0.05, 0.1) is 29.7 Å². The second-order valence-corrected chi connectivity index (χ2v) is 5.44. The lowest BCUT2D eigenvalue weighted by atomic mass is 9.79. The van der Waals surface area contributed by atoms with Gasteiger partial charge in [-0.3, -0.25) is 4.98 Å².